The number of anilines is 1. The van der Waals surface area contributed by atoms with E-state index in [2.05, 4.69) is 38.5 Å². The van der Waals surface area contributed by atoms with Gasteiger partial charge in [0, 0.05) is 28.5 Å². The lowest BCUT2D eigenvalue weighted by atomic mass is 9.71. The number of nitrogens with zero attached hydrogens (tertiary/aromatic N) is 3. The molecule has 5 nitrogen and oxygen atoms in total. The number of hydrogen-bond acceptors (Lipinski definition) is 5. The van der Waals surface area contributed by atoms with E-state index in [0.717, 1.165) is 34.6 Å². The van der Waals surface area contributed by atoms with Gasteiger partial charge in [-0.1, -0.05) is 20.8 Å². The summed E-state index contributed by atoms with van der Waals surface area (Å²) >= 11 is 1.78. The number of nitrogens with one attached hydrogen (secondary N) is 1. The van der Waals surface area contributed by atoms with E-state index >= 15 is 0 Å². The van der Waals surface area contributed by atoms with E-state index in [-0.39, 0.29) is 0 Å². The molecule has 4 aliphatic carbocycles. The van der Waals surface area contributed by atoms with Crippen LogP contribution in [0.2, 0.25) is 0 Å². The van der Waals surface area contributed by atoms with Crippen LogP contribution >= 0.6 is 11.9 Å². The maximum atomic E-state index is 6.49. The van der Waals surface area contributed by atoms with E-state index in [1.165, 1.54) is 69.8 Å². The molecule has 2 aromatic rings. The molecule has 2 aromatic heterocycles. The Labute approximate surface area is 184 Å². The summed E-state index contributed by atoms with van der Waals surface area (Å²) in [6.45, 7) is 7.25. The zero-order valence-electron chi connectivity index (χ0n) is 18.7. The normalized spacial score (nSPS) is 23.7. The van der Waals surface area contributed by atoms with Crippen molar-refractivity contribution in [1.29, 1.82) is 0 Å². The first-order valence-corrected chi connectivity index (χ1v) is 12.9. The highest BCUT2D eigenvalue weighted by molar-refractivity contribution is 8.01. The second kappa shape index (κ2) is 7.92. The van der Waals surface area contributed by atoms with Gasteiger partial charge in [-0.2, -0.15) is 0 Å². The molecule has 0 saturated heterocycles. The van der Waals surface area contributed by atoms with Crippen molar-refractivity contribution in [2.75, 3.05) is 11.3 Å². The predicted molar refractivity (Wildman–Crippen MR) is 124 cm³/mol. The first kappa shape index (κ1) is 20.5. The van der Waals surface area contributed by atoms with E-state index in [1.807, 2.05) is 13.8 Å². The SMILES string of the molecule is CC.CC1(COc2cc3nnc(NSC4CC4)n3cc2C2CC2)CCC2(CC1)CC2. The lowest BCUT2D eigenvalue weighted by Gasteiger charge is -2.37. The Kier molecular flexibility index (Phi) is 5.41. The van der Waals surface area contributed by atoms with E-state index in [9.17, 15) is 0 Å². The second-order valence-corrected chi connectivity index (χ2v) is 11.2. The van der Waals surface area contributed by atoms with Gasteiger partial charge < -0.3 is 4.74 Å². The molecule has 4 aliphatic rings. The third-order valence-electron chi connectivity index (χ3n) is 7.44. The van der Waals surface area contributed by atoms with Crippen molar-refractivity contribution in [3.63, 3.8) is 0 Å². The molecule has 0 atom stereocenters. The fraction of sp³-hybridized carbons (Fsp3) is 0.750. The fourth-order valence-corrected chi connectivity index (χ4v) is 5.39. The number of ether oxygens (including phenoxy) is 1. The summed E-state index contributed by atoms with van der Waals surface area (Å²) in [4.78, 5) is 0. The highest BCUT2D eigenvalue weighted by Gasteiger charge is 2.48. The van der Waals surface area contributed by atoms with E-state index in [4.69, 9.17) is 4.74 Å². The molecule has 0 aliphatic heterocycles. The van der Waals surface area contributed by atoms with Crippen LogP contribution in [0.15, 0.2) is 12.3 Å². The van der Waals surface area contributed by atoms with Crippen LogP contribution in [0, 0.1) is 10.8 Å². The molecule has 1 N–H and O–H groups in total. The first-order valence-electron chi connectivity index (χ1n) is 12.0. The average Bonchev–Trinajstić information content (AvgIpc) is 3.65. The van der Waals surface area contributed by atoms with Gasteiger partial charge in [0.1, 0.15) is 5.75 Å². The largest absolute Gasteiger partial charge is 0.493 e. The zero-order chi connectivity index (χ0) is 20.8. The number of hydrogen-bond donors (Lipinski definition) is 1. The molecule has 4 fully saturated rings. The smallest absolute Gasteiger partial charge is 0.239 e. The van der Waals surface area contributed by atoms with Crippen LogP contribution in [0.1, 0.15) is 96.5 Å². The lowest BCUT2D eigenvalue weighted by molar-refractivity contribution is 0.0872. The molecule has 0 bridgehead atoms. The standard InChI is InChI=1S/C22H30N4OS.C2H6/c1-21(6-8-22(9-7-21)10-11-22)14-27-18-12-19-23-24-20(25-28-16-4-5-16)26(19)13-17(18)15-2-3-15;1-2/h12-13,15-16H,2-11,14H2,1H3,(H,24,25);1-2H3. The number of pyridine rings is 1. The zero-order valence-corrected chi connectivity index (χ0v) is 19.6. The van der Waals surface area contributed by atoms with Crippen LogP contribution < -0.4 is 9.46 Å². The predicted octanol–water partition coefficient (Wildman–Crippen LogP) is 6.59. The summed E-state index contributed by atoms with van der Waals surface area (Å²) in [6.07, 6.45) is 15.7. The molecule has 0 unspecified atom stereocenters. The Hall–Kier alpha value is -1.43. The Balaban J connectivity index is 0.000000937. The summed E-state index contributed by atoms with van der Waals surface area (Å²) < 4.78 is 12.0. The van der Waals surface area contributed by atoms with Gasteiger partial charge in [0.05, 0.1) is 6.61 Å². The summed E-state index contributed by atoms with van der Waals surface area (Å²) in [5.41, 5.74) is 3.28. The van der Waals surface area contributed by atoms with Gasteiger partial charge in [0.25, 0.3) is 0 Å². The minimum absolute atomic E-state index is 0.322. The van der Waals surface area contributed by atoms with Crippen LogP contribution in [0.3, 0.4) is 0 Å². The number of rotatable bonds is 7. The minimum Gasteiger partial charge on any atom is -0.493 e. The third kappa shape index (κ3) is 4.30. The molecular weight excluding hydrogens is 392 g/mol. The molecule has 6 rings (SSSR count). The van der Waals surface area contributed by atoms with E-state index in [0.29, 0.717) is 11.3 Å². The van der Waals surface area contributed by atoms with Crippen LogP contribution in [0.5, 0.6) is 5.75 Å². The molecule has 0 radical (unpaired) electrons. The molecule has 1 spiro atoms. The fourth-order valence-electron chi connectivity index (χ4n) is 4.61. The summed E-state index contributed by atoms with van der Waals surface area (Å²) in [7, 11) is 0. The Morgan fingerprint density at radius 3 is 2.40 bits per heavy atom. The van der Waals surface area contributed by atoms with Gasteiger partial charge in [-0.05, 0) is 87.5 Å². The van der Waals surface area contributed by atoms with Crippen molar-refractivity contribution in [3.05, 3.63) is 17.8 Å². The third-order valence-corrected chi connectivity index (χ3v) is 8.55. The maximum Gasteiger partial charge on any atom is 0.239 e. The van der Waals surface area contributed by atoms with Crippen molar-refractivity contribution in [3.8, 4) is 5.75 Å². The molecule has 164 valence electrons. The molecule has 4 saturated carbocycles. The maximum absolute atomic E-state index is 6.49. The van der Waals surface area contributed by atoms with E-state index < -0.39 is 0 Å². The van der Waals surface area contributed by atoms with Crippen molar-refractivity contribution in [1.82, 2.24) is 14.6 Å². The lowest BCUT2D eigenvalue weighted by Crippen LogP contribution is -2.31. The summed E-state index contributed by atoms with van der Waals surface area (Å²) in [5, 5.41) is 9.50. The van der Waals surface area contributed by atoms with Crippen LogP contribution in [0.25, 0.3) is 5.65 Å². The Bertz CT molecular complexity index is 888. The minimum atomic E-state index is 0.322. The molecule has 0 aromatic carbocycles. The van der Waals surface area contributed by atoms with Crippen LogP contribution in [-0.4, -0.2) is 26.5 Å². The molecule has 6 heteroatoms. The van der Waals surface area contributed by atoms with Gasteiger partial charge in [-0.3, -0.25) is 9.12 Å². The van der Waals surface area contributed by atoms with Crippen LogP contribution in [-0.2, 0) is 0 Å². The quantitative estimate of drug-likeness (QED) is 0.504. The average molecular weight is 429 g/mol. The van der Waals surface area contributed by atoms with Crippen LogP contribution in [0.4, 0.5) is 5.95 Å². The highest BCUT2D eigenvalue weighted by atomic mass is 32.2. The Morgan fingerprint density at radius 1 is 1.07 bits per heavy atom. The number of aromatic nitrogens is 3. The first-order chi connectivity index (χ1) is 14.6. The van der Waals surface area contributed by atoms with Crippen molar-refractivity contribution in [2.24, 2.45) is 10.8 Å². The molecule has 2 heterocycles. The van der Waals surface area contributed by atoms with Gasteiger partial charge >= 0.3 is 0 Å². The summed E-state index contributed by atoms with van der Waals surface area (Å²) in [6, 6.07) is 2.11. The molecule has 0 amide bonds. The summed E-state index contributed by atoms with van der Waals surface area (Å²) in [5.74, 6) is 2.52. The highest BCUT2D eigenvalue weighted by Crippen LogP contribution is 2.59. The van der Waals surface area contributed by atoms with Crippen molar-refractivity contribution < 1.29 is 4.74 Å². The Morgan fingerprint density at radius 2 is 1.77 bits per heavy atom. The van der Waals surface area contributed by atoms with Crippen molar-refractivity contribution >= 4 is 23.5 Å². The van der Waals surface area contributed by atoms with Gasteiger partial charge in [0.15, 0.2) is 5.65 Å². The van der Waals surface area contributed by atoms with Gasteiger partial charge in [-0.25, -0.2) is 0 Å². The van der Waals surface area contributed by atoms with E-state index in [1.54, 1.807) is 11.9 Å². The van der Waals surface area contributed by atoms with Gasteiger partial charge in [-0.15, -0.1) is 10.2 Å². The number of fused-ring (bicyclic) bond motifs is 1. The second-order valence-electron chi connectivity index (χ2n) is 10.1. The topological polar surface area (TPSA) is 51.5 Å². The van der Waals surface area contributed by atoms with Gasteiger partial charge in [0.2, 0.25) is 5.95 Å². The van der Waals surface area contributed by atoms with Crippen molar-refractivity contribution in [2.45, 2.75) is 96.1 Å². The molecule has 30 heavy (non-hydrogen) atoms. The molecular formula is C24H36N4OS. The monoisotopic (exact) mass is 428 g/mol.